The minimum absolute atomic E-state index is 0.237. The van der Waals surface area contributed by atoms with Crippen LogP contribution in [0, 0.1) is 0 Å². The van der Waals surface area contributed by atoms with E-state index < -0.39 is 5.60 Å². The monoisotopic (exact) mass is 652 g/mol. The fourth-order valence-electron chi connectivity index (χ4n) is 7.56. The highest BCUT2D eigenvalue weighted by atomic mass is 16.3. The number of nitrogens with zero attached hydrogens (tertiary/aromatic N) is 8. The zero-order valence-corrected chi connectivity index (χ0v) is 28.2. The van der Waals surface area contributed by atoms with E-state index in [1.165, 1.54) is 49.1 Å². The molecular weight excluding hydrogens is 604 g/mol. The maximum absolute atomic E-state index is 13.3. The molecule has 0 amide bonds. The second kappa shape index (κ2) is 13.8. The number of anilines is 3. The standard InChI is InChI=1S/C36H48N10O2/c1-4-18-45-34(47)30-25-38-35(41-33(30)46(45)32-7-5-6-31(40-32)36(2,3)48)39-26-8-10-27(11-9-26)43-21-23-44(24-22-43)29-14-12-28(13-15-29)42-19-16-37-17-20-42/h4-11,25,28-29,37,48H,1,12-24H2,2-3H3,(H,38,39,41). The van der Waals surface area contributed by atoms with Gasteiger partial charge in [-0.15, -0.1) is 6.58 Å². The van der Waals surface area contributed by atoms with Crippen molar-refractivity contribution in [3.63, 3.8) is 0 Å². The number of hydrogen-bond acceptors (Lipinski definition) is 10. The van der Waals surface area contributed by atoms with E-state index in [4.69, 9.17) is 4.98 Å². The molecule has 12 heteroatoms. The van der Waals surface area contributed by atoms with Gasteiger partial charge in [-0.2, -0.15) is 4.98 Å². The Balaban J connectivity index is 1.01. The van der Waals surface area contributed by atoms with Crippen molar-refractivity contribution in [1.82, 2.24) is 39.4 Å². The van der Waals surface area contributed by atoms with Gasteiger partial charge in [0.15, 0.2) is 11.5 Å². The van der Waals surface area contributed by atoms with Gasteiger partial charge in [0.25, 0.3) is 5.56 Å². The van der Waals surface area contributed by atoms with Crippen LogP contribution in [0.25, 0.3) is 16.9 Å². The molecule has 0 unspecified atom stereocenters. The Morgan fingerprint density at radius 3 is 2.25 bits per heavy atom. The largest absolute Gasteiger partial charge is 0.384 e. The lowest BCUT2D eigenvalue weighted by molar-refractivity contribution is 0.0738. The maximum Gasteiger partial charge on any atom is 0.278 e. The molecule has 3 N–H and O–H groups in total. The minimum atomic E-state index is -1.14. The molecule has 48 heavy (non-hydrogen) atoms. The van der Waals surface area contributed by atoms with Crippen LogP contribution >= 0.6 is 0 Å². The molecule has 2 aliphatic heterocycles. The summed E-state index contributed by atoms with van der Waals surface area (Å²) >= 11 is 0. The van der Waals surface area contributed by atoms with Crippen LogP contribution in [0.1, 0.15) is 45.2 Å². The van der Waals surface area contributed by atoms with Crippen molar-refractivity contribution in [3.05, 3.63) is 77.4 Å². The molecule has 7 rings (SSSR count). The summed E-state index contributed by atoms with van der Waals surface area (Å²) in [4.78, 5) is 35.2. The molecule has 5 heterocycles. The van der Waals surface area contributed by atoms with Gasteiger partial charge in [-0.25, -0.2) is 19.3 Å². The van der Waals surface area contributed by atoms with Gasteiger partial charge in [0.05, 0.1) is 12.2 Å². The van der Waals surface area contributed by atoms with Crippen molar-refractivity contribution in [2.45, 2.75) is 63.8 Å². The topological polar surface area (TPSA) is 120 Å². The van der Waals surface area contributed by atoms with Gasteiger partial charge >= 0.3 is 0 Å². The van der Waals surface area contributed by atoms with E-state index in [-0.39, 0.29) is 12.1 Å². The number of fused-ring (bicyclic) bond motifs is 1. The van der Waals surface area contributed by atoms with Crippen LogP contribution in [0.2, 0.25) is 0 Å². The molecule has 12 nitrogen and oxygen atoms in total. The third-order valence-corrected chi connectivity index (χ3v) is 10.2. The lowest BCUT2D eigenvalue weighted by atomic mass is 9.88. The fraction of sp³-hybridized carbons (Fsp3) is 0.500. The van der Waals surface area contributed by atoms with Crippen molar-refractivity contribution < 1.29 is 5.11 Å². The first-order valence-corrected chi connectivity index (χ1v) is 17.4. The van der Waals surface area contributed by atoms with Gasteiger partial charge in [-0.1, -0.05) is 12.1 Å². The second-order valence-corrected chi connectivity index (χ2v) is 13.8. The minimum Gasteiger partial charge on any atom is -0.384 e. The van der Waals surface area contributed by atoms with Crippen LogP contribution in [0.15, 0.2) is 66.1 Å². The summed E-state index contributed by atoms with van der Waals surface area (Å²) in [6.07, 6.45) is 8.52. The van der Waals surface area contributed by atoms with Crippen molar-refractivity contribution in [1.29, 1.82) is 0 Å². The van der Waals surface area contributed by atoms with Crippen molar-refractivity contribution >= 4 is 28.4 Å². The highest BCUT2D eigenvalue weighted by molar-refractivity contribution is 5.77. The van der Waals surface area contributed by atoms with Gasteiger partial charge in [-0.3, -0.25) is 14.6 Å². The molecule has 254 valence electrons. The van der Waals surface area contributed by atoms with Crippen LogP contribution in [-0.4, -0.2) is 104 Å². The van der Waals surface area contributed by atoms with Crippen LogP contribution in [0.3, 0.4) is 0 Å². The number of aliphatic hydroxyl groups is 1. The number of hydrogen-bond donors (Lipinski definition) is 3. The van der Waals surface area contributed by atoms with Gasteiger partial charge in [0.1, 0.15) is 11.0 Å². The van der Waals surface area contributed by atoms with E-state index in [2.05, 4.69) is 66.1 Å². The summed E-state index contributed by atoms with van der Waals surface area (Å²) in [6.45, 7) is 16.4. The fourth-order valence-corrected chi connectivity index (χ4v) is 7.56. The van der Waals surface area contributed by atoms with Crippen LogP contribution in [0.4, 0.5) is 17.3 Å². The summed E-state index contributed by atoms with van der Waals surface area (Å²) in [5.41, 5.74) is 1.60. The lowest BCUT2D eigenvalue weighted by Gasteiger charge is -2.45. The maximum atomic E-state index is 13.3. The predicted molar refractivity (Wildman–Crippen MR) is 190 cm³/mol. The van der Waals surface area contributed by atoms with E-state index in [9.17, 15) is 9.90 Å². The highest BCUT2D eigenvalue weighted by Crippen LogP contribution is 2.29. The first kappa shape index (κ1) is 32.4. The summed E-state index contributed by atoms with van der Waals surface area (Å²) < 4.78 is 3.20. The SMILES string of the molecule is C=CCn1c(=O)c2cnc(Nc3ccc(N4CCN(C5CCC(N6CCNCC6)CC5)CC4)cc3)nc2n1-c1cccc(C(C)(C)O)n1. The number of allylic oxidation sites excluding steroid dienone is 1. The zero-order chi connectivity index (χ0) is 33.3. The quantitative estimate of drug-likeness (QED) is 0.232. The van der Waals surface area contributed by atoms with E-state index in [0.29, 0.717) is 28.5 Å². The first-order valence-electron chi connectivity index (χ1n) is 17.4. The predicted octanol–water partition coefficient (Wildman–Crippen LogP) is 3.47. The average Bonchev–Trinajstić information content (AvgIpc) is 3.39. The van der Waals surface area contributed by atoms with Gasteiger partial charge in [-0.05, 0) is 75.9 Å². The molecule has 0 spiro atoms. The number of pyridine rings is 1. The highest BCUT2D eigenvalue weighted by Gasteiger charge is 2.31. The van der Waals surface area contributed by atoms with Crippen molar-refractivity contribution in [2.24, 2.45) is 0 Å². The average molecular weight is 653 g/mol. The molecule has 0 atom stereocenters. The third-order valence-electron chi connectivity index (χ3n) is 10.2. The van der Waals surface area contributed by atoms with Gasteiger partial charge in [0.2, 0.25) is 5.95 Å². The molecule has 1 aromatic carbocycles. The Kier molecular flexibility index (Phi) is 9.32. The van der Waals surface area contributed by atoms with Crippen LogP contribution < -0.4 is 21.1 Å². The normalized spacial score (nSPS) is 21.4. The molecular formula is C36H48N10O2. The molecule has 1 aliphatic carbocycles. The number of benzene rings is 1. The van der Waals surface area contributed by atoms with Gasteiger partial charge < -0.3 is 20.6 Å². The molecule has 3 fully saturated rings. The molecule has 3 aliphatic rings. The van der Waals surface area contributed by atoms with Gasteiger partial charge in [0, 0.05) is 82.0 Å². The Bertz CT molecular complexity index is 1770. The molecule has 4 aromatic rings. The molecule has 2 saturated heterocycles. The number of aromatic nitrogens is 5. The third kappa shape index (κ3) is 6.75. The molecule has 1 saturated carbocycles. The Hall–Kier alpha value is -4.10. The molecule has 3 aromatic heterocycles. The Morgan fingerprint density at radius 2 is 1.60 bits per heavy atom. The van der Waals surface area contributed by atoms with Crippen LogP contribution in [0.5, 0.6) is 0 Å². The number of rotatable bonds is 9. The number of piperazine rings is 2. The van der Waals surface area contributed by atoms with E-state index in [0.717, 1.165) is 57.0 Å². The van der Waals surface area contributed by atoms with E-state index in [1.54, 1.807) is 42.9 Å². The first-order chi connectivity index (χ1) is 23.3. The summed E-state index contributed by atoms with van der Waals surface area (Å²) in [7, 11) is 0. The van der Waals surface area contributed by atoms with E-state index in [1.807, 2.05) is 6.07 Å². The molecule has 0 bridgehead atoms. The number of nitrogens with one attached hydrogen (secondary N) is 2. The van der Waals surface area contributed by atoms with Crippen molar-refractivity contribution in [3.8, 4) is 5.82 Å². The summed E-state index contributed by atoms with van der Waals surface area (Å²) in [5.74, 6) is 0.847. The smallest absolute Gasteiger partial charge is 0.278 e. The zero-order valence-electron chi connectivity index (χ0n) is 28.2. The summed E-state index contributed by atoms with van der Waals surface area (Å²) in [6, 6.07) is 15.3. The molecule has 0 radical (unpaired) electrons. The van der Waals surface area contributed by atoms with Crippen molar-refractivity contribution in [2.75, 3.05) is 62.6 Å². The summed E-state index contributed by atoms with van der Waals surface area (Å²) in [5, 5.41) is 17.8. The lowest BCUT2D eigenvalue weighted by Crippen LogP contribution is -2.54. The second-order valence-electron chi connectivity index (χ2n) is 13.8. The van der Waals surface area contributed by atoms with E-state index >= 15 is 0 Å². The van der Waals surface area contributed by atoms with Crippen LogP contribution in [-0.2, 0) is 12.1 Å². The Morgan fingerprint density at radius 1 is 0.938 bits per heavy atom. The Labute approximate surface area is 282 Å².